The highest BCUT2D eigenvalue weighted by molar-refractivity contribution is 8.18. The second kappa shape index (κ2) is 10.0. The van der Waals surface area contributed by atoms with Gasteiger partial charge in [-0.25, -0.2) is 9.79 Å². The zero-order chi connectivity index (χ0) is 23.4. The molecule has 0 N–H and O–H groups in total. The van der Waals surface area contributed by atoms with E-state index in [0.717, 1.165) is 22.4 Å². The quantitative estimate of drug-likeness (QED) is 0.425. The molecule has 0 radical (unpaired) electrons. The zero-order valence-corrected chi connectivity index (χ0v) is 20.1. The molecule has 32 heavy (non-hydrogen) atoms. The molecule has 0 aliphatic carbocycles. The van der Waals surface area contributed by atoms with Gasteiger partial charge in [-0.05, 0) is 90.7 Å². The first-order valence-electron chi connectivity index (χ1n) is 10.5. The van der Waals surface area contributed by atoms with Gasteiger partial charge in [-0.2, -0.15) is 0 Å². The van der Waals surface area contributed by atoms with E-state index < -0.39 is 0 Å². The minimum absolute atomic E-state index is 0.0989. The number of thioether (sulfide) groups is 1. The van der Waals surface area contributed by atoms with Crippen LogP contribution in [0.1, 0.15) is 53.7 Å². The van der Waals surface area contributed by atoms with Crippen molar-refractivity contribution in [3.8, 4) is 5.75 Å². The lowest BCUT2D eigenvalue weighted by Gasteiger charge is -2.14. The lowest BCUT2D eigenvalue weighted by Crippen LogP contribution is -2.23. The first-order chi connectivity index (χ1) is 15.2. The van der Waals surface area contributed by atoms with Crippen LogP contribution in [0.4, 0.5) is 5.69 Å². The maximum absolute atomic E-state index is 12.8. The molecule has 7 heteroatoms. The summed E-state index contributed by atoms with van der Waals surface area (Å²) in [6.07, 6.45) is 1.91. The summed E-state index contributed by atoms with van der Waals surface area (Å²) in [7, 11) is 3.38. The number of carbonyl (C=O) groups excluding carboxylic acids is 2. The number of hydrogen-bond acceptors (Lipinski definition) is 6. The predicted octanol–water partition coefficient (Wildman–Crippen LogP) is 5.54. The minimum Gasteiger partial charge on any atom is -0.496 e. The Morgan fingerprint density at radius 1 is 1.22 bits per heavy atom. The highest BCUT2D eigenvalue weighted by atomic mass is 32.2. The molecule has 2 aromatic rings. The van der Waals surface area contributed by atoms with E-state index in [9.17, 15) is 9.59 Å². The van der Waals surface area contributed by atoms with E-state index in [2.05, 4.69) is 24.9 Å². The van der Waals surface area contributed by atoms with Crippen molar-refractivity contribution >= 4 is 40.6 Å². The molecule has 2 aromatic carbocycles. The predicted molar refractivity (Wildman–Crippen MR) is 130 cm³/mol. The van der Waals surface area contributed by atoms with Crippen LogP contribution >= 0.6 is 11.8 Å². The van der Waals surface area contributed by atoms with E-state index in [0.29, 0.717) is 33.8 Å². The lowest BCUT2D eigenvalue weighted by molar-refractivity contribution is -0.121. The number of rotatable bonds is 6. The summed E-state index contributed by atoms with van der Waals surface area (Å²) in [4.78, 5) is 31.4. The van der Waals surface area contributed by atoms with Crippen molar-refractivity contribution < 1.29 is 19.1 Å². The van der Waals surface area contributed by atoms with Gasteiger partial charge < -0.3 is 9.47 Å². The van der Waals surface area contributed by atoms with Gasteiger partial charge in [0.25, 0.3) is 5.91 Å². The number of aryl methyl sites for hydroxylation is 1. The summed E-state index contributed by atoms with van der Waals surface area (Å²) >= 11 is 1.33. The molecule has 1 aliphatic heterocycles. The molecule has 0 spiro atoms. The minimum atomic E-state index is -0.366. The number of nitrogens with zero attached hydrogens (tertiary/aromatic N) is 2. The van der Waals surface area contributed by atoms with E-state index in [4.69, 9.17) is 9.47 Å². The standard InChI is InChI=1S/C25H28N2O4S/c1-7-31-24(29)17-8-10-19(11-9-17)26-25-27(5)23(28)22(32-25)14-18-13-20(15(2)3)21(30-6)12-16(18)4/h8-15H,7H2,1-6H3/b22-14-,26-25?. The number of amidine groups is 1. The number of aliphatic imine (C=N–C) groups is 1. The average molecular weight is 453 g/mol. The van der Waals surface area contributed by atoms with E-state index in [1.54, 1.807) is 45.3 Å². The van der Waals surface area contributed by atoms with Crippen LogP contribution in [0, 0.1) is 6.92 Å². The van der Waals surface area contributed by atoms with Gasteiger partial charge in [0.05, 0.1) is 29.9 Å². The zero-order valence-electron chi connectivity index (χ0n) is 19.3. The van der Waals surface area contributed by atoms with Crippen molar-refractivity contribution in [1.82, 2.24) is 4.90 Å². The smallest absolute Gasteiger partial charge is 0.338 e. The van der Waals surface area contributed by atoms with Crippen molar-refractivity contribution in [1.29, 1.82) is 0 Å². The fourth-order valence-corrected chi connectivity index (χ4v) is 4.27. The number of hydrogen-bond donors (Lipinski definition) is 0. The topological polar surface area (TPSA) is 68.2 Å². The monoisotopic (exact) mass is 452 g/mol. The van der Waals surface area contributed by atoms with E-state index in [1.807, 2.05) is 19.1 Å². The summed E-state index contributed by atoms with van der Waals surface area (Å²) in [5.41, 5.74) is 4.25. The van der Waals surface area contributed by atoms with Gasteiger partial charge in [0.2, 0.25) is 0 Å². The highest BCUT2D eigenvalue weighted by Gasteiger charge is 2.30. The molecule has 1 aliphatic rings. The number of methoxy groups -OCH3 is 1. The number of esters is 1. The molecular formula is C25H28N2O4S. The van der Waals surface area contributed by atoms with Crippen molar-refractivity contribution in [2.24, 2.45) is 4.99 Å². The van der Waals surface area contributed by atoms with Gasteiger partial charge in [-0.15, -0.1) is 0 Å². The van der Waals surface area contributed by atoms with Gasteiger partial charge in [0.15, 0.2) is 5.17 Å². The summed E-state index contributed by atoms with van der Waals surface area (Å²) in [6.45, 7) is 8.34. The summed E-state index contributed by atoms with van der Waals surface area (Å²) in [6, 6.07) is 10.9. The molecule has 1 saturated heterocycles. The van der Waals surface area contributed by atoms with Gasteiger partial charge in [0.1, 0.15) is 5.75 Å². The van der Waals surface area contributed by atoms with Crippen LogP contribution in [0.5, 0.6) is 5.75 Å². The molecule has 168 valence electrons. The second-order valence-corrected chi connectivity index (χ2v) is 8.75. The average Bonchev–Trinajstić information content (AvgIpc) is 3.03. The van der Waals surface area contributed by atoms with Crippen molar-refractivity contribution in [3.63, 3.8) is 0 Å². The maximum atomic E-state index is 12.8. The van der Waals surface area contributed by atoms with Crippen LogP contribution in [-0.2, 0) is 9.53 Å². The molecule has 0 atom stereocenters. The Labute approximate surface area is 193 Å². The molecule has 6 nitrogen and oxygen atoms in total. The van der Waals surface area contributed by atoms with Gasteiger partial charge in [0, 0.05) is 7.05 Å². The van der Waals surface area contributed by atoms with E-state index in [-0.39, 0.29) is 11.9 Å². The molecule has 0 unspecified atom stereocenters. The van der Waals surface area contributed by atoms with E-state index in [1.165, 1.54) is 16.7 Å². The Kier molecular flexibility index (Phi) is 7.40. The number of benzene rings is 2. The van der Waals surface area contributed by atoms with Gasteiger partial charge in [-0.1, -0.05) is 13.8 Å². The molecule has 1 fully saturated rings. The van der Waals surface area contributed by atoms with Crippen LogP contribution in [0.25, 0.3) is 6.08 Å². The Bertz CT molecular complexity index is 1090. The van der Waals surface area contributed by atoms with E-state index >= 15 is 0 Å². The van der Waals surface area contributed by atoms with Crippen LogP contribution < -0.4 is 4.74 Å². The third kappa shape index (κ3) is 5.05. The Hall–Kier alpha value is -3.06. The second-order valence-electron chi connectivity index (χ2n) is 7.74. The number of amides is 1. The first-order valence-corrected chi connectivity index (χ1v) is 11.3. The van der Waals surface area contributed by atoms with Crippen molar-refractivity contribution in [2.75, 3.05) is 20.8 Å². The number of ether oxygens (including phenoxy) is 2. The van der Waals surface area contributed by atoms with Crippen molar-refractivity contribution in [3.05, 3.63) is 63.6 Å². The van der Waals surface area contributed by atoms with Crippen LogP contribution in [0.2, 0.25) is 0 Å². The number of carbonyl (C=O) groups is 2. The third-order valence-corrected chi connectivity index (χ3v) is 6.19. The van der Waals surface area contributed by atoms with Crippen molar-refractivity contribution in [2.45, 2.75) is 33.6 Å². The van der Waals surface area contributed by atoms with Gasteiger partial charge >= 0.3 is 5.97 Å². The Balaban J connectivity index is 1.88. The summed E-state index contributed by atoms with van der Waals surface area (Å²) in [5, 5.41) is 0.584. The van der Waals surface area contributed by atoms with Crippen LogP contribution in [0.3, 0.4) is 0 Å². The van der Waals surface area contributed by atoms with Crippen LogP contribution in [-0.4, -0.2) is 42.7 Å². The summed E-state index contributed by atoms with van der Waals surface area (Å²) in [5.74, 6) is 0.691. The highest BCUT2D eigenvalue weighted by Crippen LogP contribution is 2.36. The largest absolute Gasteiger partial charge is 0.496 e. The Morgan fingerprint density at radius 3 is 2.50 bits per heavy atom. The molecule has 0 saturated carbocycles. The molecule has 3 rings (SSSR count). The maximum Gasteiger partial charge on any atom is 0.338 e. The normalized spacial score (nSPS) is 16.3. The number of likely N-dealkylation sites (N-methyl/N-ethyl adjacent to an activating group) is 1. The molecule has 1 heterocycles. The molecule has 1 amide bonds. The molecule has 0 aromatic heterocycles. The van der Waals surface area contributed by atoms with Crippen LogP contribution in [0.15, 0.2) is 46.3 Å². The summed E-state index contributed by atoms with van der Waals surface area (Å²) < 4.78 is 10.5. The lowest BCUT2D eigenvalue weighted by atomic mass is 9.96. The Morgan fingerprint density at radius 2 is 1.91 bits per heavy atom. The molecular weight excluding hydrogens is 424 g/mol. The molecule has 0 bridgehead atoms. The SMILES string of the molecule is CCOC(=O)c1ccc(N=C2S/C(=C\c3cc(C(C)C)c(OC)cc3C)C(=O)N2C)cc1. The fraction of sp³-hybridized carbons (Fsp3) is 0.320. The van der Waals surface area contributed by atoms with Gasteiger partial charge in [-0.3, -0.25) is 9.69 Å². The first kappa shape index (κ1) is 23.6. The fourth-order valence-electron chi connectivity index (χ4n) is 3.29. The third-order valence-electron chi connectivity index (χ3n) is 5.13.